The summed E-state index contributed by atoms with van der Waals surface area (Å²) >= 11 is 0. The fraction of sp³-hybridized carbons (Fsp3) is 0.778. The third-order valence-electron chi connectivity index (χ3n) is 1.79. The molecule has 0 aliphatic rings. The van der Waals surface area contributed by atoms with E-state index in [0.717, 1.165) is 0 Å². The van der Waals surface area contributed by atoms with Gasteiger partial charge in [-0.3, -0.25) is 13.8 Å². The maximum atomic E-state index is 10.4. The van der Waals surface area contributed by atoms with Crippen molar-refractivity contribution in [2.45, 2.75) is 24.9 Å². The molecule has 0 aromatic heterocycles. The van der Waals surface area contributed by atoms with Gasteiger partial charge < -0.3 is 26.8 Å². The van der Waals surface area contributed by atoms with Gasteiger partial charge in [0, 0.05) is 29.4 Å². The van der Waals surface area contributed by atoms with Crippen LogP contribution < -0.4 is 11.5 Å². The number of hydrogen-bond donors (Lipinski definition) is 5. The highest BCUT2D eigenvalue weighted by atomic mass is 32.2. The molecule has 0 saturated heterocycles. The van der Waals surface area contributed by atoms with Crippen LogP contribution in [0.15, 0.2) is 0 Å². The third-order valence-corrected chi connectivity index (χ3v) is 2.60. The van der Waals surface area contributed by atoms with Gasteiger partial charge in [0.1, 0.15) is 12.1 Å². The standard InChI is InChI=1S/C5H11NO3S.C4H9NO3/c1-10(9)3-2-4(6)5(7)8;5-3(1-2-6)4(7)8/h4H,2-3,6H2,1H3,(H,7,8);3,6H,1-2,5H2,(H,7,8)/t4-,10?;3-/m00/s1. The molecular weight excluding hydrogens is 264 g/mol. The number of rotatable bonds is 7. The highest BCUT2D eigenvalue weighted by Gasteiger charge is 2.10. The van der Waals surface area contributed by atoms with E-state index in [0.29, 0.717) is 5.75 Å². The predicted molar refractivity (Wildman–Crippen MR) is 66.5 cm³/mol. The molecule has 0 radical (unpaired) electrons. The molecule has 0 bridgehead atoms. The normalized spacial score (nSPS) is 14.9. The molecule has 18 heavy (non-hydrogen) atoms. The zero-order chi connectivity index (χ0) is 14.7. The van der Waals surface area contributed by atoms with Crippen molar-refractivity contribution >= 4 is 22.7 Å². The molecule has 0 aromatic rings. The van der Waals surface area contributed by atoms with Crippen LogP contribution in [0.3, 0.4) is 0 Å². The lowest BCUT2D eigenvalue weighted by molar-refractivity contribution is -0.139. The van der Waals surface area contributed by atoms with E-state index >= 15 is 0 Å². The topological polar surface area (TPSA) is 164 Å². The molecule has 7 N–H and O–H groups in total. The van der Waals surface area contributed by atoms with E-state index in [1.54, 1.807) is 0 Å². The number of carbonyl (C=O) groups is 2. The minimum absolute atomic E-state index is 0.120. The van der Waals surface area contributed by atoms with Crippen LogP contribution in [-0.4, -0.2) is 62.2 Å². The first-order valence-electron chi connectivity index (χ1n) is 5.10. The lowest BCUT2D eigenvalue weighted by Gasteiger charge is -2.02. The van der Waals surface area contributed by atoms with Gasteiger partial charge in [0.2, 0.25) is 0 Å². The molecule has 0 heterocycles. The van der Waals surface area contributed by atoms with Gasteiger partial charge in [-0.05, 0) is 12.8 Å². The summed E-state index contributed by atoms with van der Waals surface area (Å²) < 4.78 is 10.4. The zero-order valence-corrected chi connectivity index (χ0v) is 10.9. The van der Waals surface area contributed by atoms with Gasteiger partial charge in [0.25, 0.3) is 0 Å². The molecular formula is C9H20N2O6S. The molecule has 0 fully saturated rings. The first kappa shape index (κ1) is 19.3. The molecule has 108 valence electrons. The first-order valence-corrected chi connectivity index (χ1v) is 6.82. The van der Waals surface area contributed by atoms with E-state index in [2.05, 4.69) is 0 Å². The third kappa shape index (κ3) is 13.0. The van der Waals surface area contributed by atoms with Crippen molar-refractivity contribution in [2.24, 2.45) is 11.5 Å². The molecule has 0 amide bonds. The summed E-state index contributed by atoms with van der Waals surface area (Å²) in [4.78, 5) is 19.9. The van der Waals surface area contributed by atoms with E-state index in [-0.39, 0.29) is 19.4 Å². The van der Waals surface area contributed by atoms with Gasteiger partial charge in [0.05, 0.1) is 0 Å². The van der Waals surface area contributed by atoms with Crippen LogP contribution in [0.25, 0.3) is 0 Å². The molecule has 0 spiro atoms. The van der Waals surface area contributed by atoms with E-state index in [4.69, 9.17) is 26.8 Å². The Hall–Kier alpha value is -1.03. The van der Waals surface area contributed by atoms with Gasteiger partial charge in [-0.2, -0.15) is 0 Å². The molecule has 0 aromatic carbocycles. The number of carboxylic acid groups (broad SMARTS) is 2. The Balaban J connectivity index is 0. The van der Waals surface area contributed by atoms with Crippen LogP contribution in [-0.2, 0) is 20.4 Å². The van der Waals surface area contributed by atoms with E-state index in [1.165, 1.54) is 6.26 Å². The predicted octanol–water partition coefficient (Wildman–Crippen LogP) is -2.05. The van der Waals surface area contributed by atoms with Gasteiger partial charge in [-0.25, -0.2) is 0 Å². The summed E-state index contributed by atoms with van der Waals surface area (Å²) in [6.45, 7) is -0.173. The molecule has 0 aliphatic heterocycles. The van der Waals surface area contributed by atoms with Crippen molar-refractivity contribution < 1.29 is 29.1 Å². The van der Waals surface area contributed by atoms with Gasteiger partial charge >= 0.3 is 11.9 Å². The highest BCUT2D eigenvalue weighted by molar-refractivity contribution is 7.84. The fourth-order valence-corrected chi connectivity index (χ4v) is 1.26. The average molecular weight is 284 g/mol. The van der Waals surface area contributed by atoms with Crippen LogP contribution in [0.5, 0.6) is 0 Å². The summed E-state index contributed by atoms with van der Waals surface area (Å²) in [5.41, 5.74) is 10.1. The second-order valence-corrected chi connectivity index (χ2v) is 5.02. The maximum absolute atomic E-state index is 10.4. The van der Waals surface area contributed by atoms with Gasteiger partial charge in [0.15, 0.2) is 0 Å². The number of aliphatic hydroxyl groups is 1. The van der Waals surface area contributed by atoms with Crippen molar-refractivity contribution in [1.29, 1.82) is 0 Å². The smallest absolute Gasteiger partial charge is 0.320 e. The number of aliphatic carboxylic acids is 2. The Kier molecular flexibility index (Phi) is 11.9. The van der Waals surface area contributed by atoms with Crippen molar-refractivity contribution in [3.63, 3.8) is 0 Å². The van der Waals surface area contributed by atoms with E-state index < -0.39 is 34.8 Å². The largest absolute Gasteiger partial charge is 0.480 e. The summed E-state index contributed by atoms with van der Waals surface area (Å²) in [6.07, 6.45) is 1.92. The lowest BCUT2D eigenvalue weighted by atomic mass is 10.2. The Labute approximate surface area is 107 Å². The van der Waals surface area contributed by atoms with Crippen molar-refractivity contribution in [2.75, 3.05) is 18.6 Å². The second kappa shape index (κ2) is 11.1. The summed E-state index contributed by atoms with van der Waals surface area (Å²) in [6, 6.07) is -1.79. The quantitative estimate of drug-likeness (QED) is 0.356. The fourth-order valence-electron chi connectivity index (χ4n) is 0.679. The molecule has 1 unspecified atom stereocenters. The van der Waals surface area contributed by atoms with Crippen LogP contribution in [0.4, 0.5) is 0 Å². The van der Waals surface area contributed by atoms with Crippen LogP contribution in [0.2, 0.25) is 0 Å². The second-order valence-electron chi connectivity index (χ2n) is 3.47. The van der Waals surface area contributed by atoms with Crippen molar-refractivity contribution in [3.8, 4) is 0 Å². The Morgan fingerprint density at radius 3 is 1.72 bits per heavy atom. The number of nitrogens with two attached hydrogens (primary N) is 2. The number of aliphatic hydroxyl groups excluding tert-OH is 1. The molecule has 9 heteroatoms. The Morgan fingerprint density at radius 2 is 1.50 bits per heavy atom. The first-order chi connectivity index (χ1) is 8.22. The van der Waals surface area contributed by atoms with Crippen molar-refractivity contribution in [3.05, 3.63) is 0 Å². The molecule has 8 nitrogen and oxygen atoms in total. The Morgan fingerprint density at radius 1 is 1.11 bits per heavy atom. The minimum atomic E-state index is -1.07. The van der Waals surface area contributed by atoms with Gasteiger partial charge in [-0.15, -0.1) is 0 Å². The molecule has 0 saturated carbocycles. The lowest BCUT2D eigenvalue weighted by Crippen LogP contribution is -2.31. The number of carboxylic acids is 2. The monoisotopic (exact) mass is 284 g/mol. The van der Waals surface area contributed by atoms with Crippen molar-refractivity contribution in [1.82, 2.24) is 0 Å². The van der Waals surface area contributed by atoms with Crippen LogP contribution in [0.1, 0.15) is 12.8 Å². The summed E-state index contributed by atoms with van der Waals surface area (Å²) in [5.74, 6) is -1.75. The molecule has 3 atom stereocenters. The van der Waals surface area contributed by atoms with Crippen LogP contribution >= 0.6 is 0 Å². The highest BCUT2D eigenvalue weighted by Crippen LogP contribution is 1.89. The summed E-state index contributed by atoms with van der Waals surface area (Å²) in [7, 11) is -0.946. The van der Waals surface area contributed by atoms with Crippen LogP contribution in [0, 0.1) is 0 Å². The average Bonchev–Trinajstić information content (AvgIpc) is 2.26. The molecule has 0 rings (SSSR count). The van der Waals surface area contributed by atoms with Gasteiger partial charge in [-0.1, -0.05) is 0 Å². The van der Waals surface area contributed by atoms with E-state index in [1.807, 2.05) is 0 Å². The molecule has 0 aliphatic carbocycles. The maximum Gasteiger partial charge on any atom is 0.320 e. The number of hydrogen-bond acceptors (Lipinski definition) is 6. The Bertz CT molecular complexity index is 286. The zero-order valence-electron chi connectivity index (χ0n) is 10.1. The SMILES string of the molecule is CS(=O)CC[C@H](N)C(=O)O.N[C@@H](CCO)C(=O)O. The summed E-state index contributed by atoms with van der Waals surface area (Å²) in [5, 5.41) is 24.5. The van der Waals surface area contributed by atoms with E-state index in [9.17, 15) is 13.8 Å². The minimum Gasteiger partial charge on any atom is -0.480 e.